The Morgan fingerprint density at radius 1 is 1.45 bits per heavy atom. The Bertz CT molecular complexity index is 632. The molecule has 0 fully saturated rings. The summed E-state index contributed by atoms with van der Waals surface area (Å²) in [6, 6.07) is 1.68. The molecule has 1 aromatic carbocycles. The first-order valence-corrected chi connectivity index (χ1v) is 8.26. The number of carbonyl (C=O) groups excluding carboxylic acids is 1. The average Bonchev–Trinajstić information content (AvgIpc) is 2.30. The van der Waals surface area contributed by atoms with E-state index in [-0.39, 0.29) is 16.1 Å². The maximum atomic E-state index is 13.6. The van der Waals surface area contributed by atoms with Crippen molar-refractivity contribution in [1.82, 2.24) is 4.90 Å². The molecule has 1 aromatic rings. The van der Waals surface area contributed by atoms with Crippen LogP contribution in [-0.4, -0.2) is 31.8 Å². The number of rotatable bonds is 4. The van der Waals surface area contributed by atoms with Gasteiger partial charge < -0.3 is 4.90 Å². The molecule has 5 nitrogen and oxygen atoms in total. The Morgan fingerprint density at radius 3 is 2.40 bits per heavy atom. The molecular weight excluding hydrogens is 351 g/mol. The van der Waals surface area contributed by atoms with Gasteiger partial charge in [0.2, 0.25) is 10.0 Å². The third-order valence-corrected chi connectivity index (χ3v) is 4.82. The van der Waals surface area contributed by atoms with Crippen LogP contribution in [0.1, 0.15) is 31.1 Å². The molecule has 0 aliphatic heterocycles. The molecule has 20 heavy (non-hydrogen) atoms. The molecule has 0 bridgehead atoms. The second-order valence-electron chi connectivity index (χ2n) is 4.50. The number of amides is 1. The fourth-order valence-corrected chi connectivity index (χ4v) is 3.54. The van der Waals surface area contributed by atoms with E-state index in [0.29, 0.717) is 6.54 Å². The Labute approximate surface area is 126 Å². The van der Waals surface area contributed by atoms with Gasteiger partial charge in [-0.25, -0.2) is 17.9 Å². The zero-order chi connectivity index (χ0) is 15.7. The quantitative estimate of drug-likeness (QED) is 0.885. The van der Waals surface area contributed by atoms with Crippen molar-refractivity contribution in [2.24, 2.45) is 5.14 Å². The normalized spacial score (nSPS) is 11.8. The van der Waals surface area contributed by atoms with Crippen molar-refractivity contribution in [3.05, 3.63) is 28.0 Å². The van der Waals surface area contributed by atoms with Crippen LogP contribution in [-0.2, 0) is 10.0 Å². The fraction of sp³-hybridized carbons (Fsp3) is 0.417. The first kappa shape index (κ1) is 17.1. The van der Waals surface area contributed by atoms with Gasteiger partial charge in [0, 0.05) is 12.6 Å². The number of benzene rings is 1. The molecule has 0 aliphatic carbocycles. The van der Waals surface area contributed by atoms with Crippen LogP contribution in [0.4, 0.5) is 4.39 Å². The molecule has 0 heterocycles. The van der Waals surface area contributed by atoms with E-state index in [1.807, 2.05) is 13.8 Å². The Morgan fingerprint density at radius 2 is 2.00 bits per heavy atom. The first-order chi connectivity index (χ1) is 9.09. The Kier molecular flexibility index (Phi) is 5.28. The van der Waals surface area contributed by atoms with Gasteiger partial charge in [0.05, 0.1) is 14.9 Å². The van der Waals surface area contributed by atoms with Gasteiger partial charge in [-0.05, 0) is 48.8 Å². The number of nitrogens with zero attached hydrogens (tertiary/aromatic N) is 1. The zero-order valence-electron chi connectivity index (χ0n) is 11.4. The lowest BCUT2D eigenvalue weighted by molar-refractivity contribution is 0.0715. The van der Waals surface area contributed by atoms with Crippen LogP contribution in [0.25, 0.3) is 0 Å². The Hall–Kier alpha value is -0.990. The van der Waals surface area contributed by atoms with E-state index in [2.05, 4.69) is 15.9 Å². The molecule has 0 saturated heterocycles. The molecule has 0 aliphatic rings. The lowest BCUT2D eigenvalue weighted by Gasteiger charge is -2.26. The summed E-state index contributed by atoms with van der Waals surface area (Å²) in [4.78, 5) is 13.4. The molecule has 0 aromatic heterocycles. The van der Waals surface area contributed by atoms with E-state index < -0.39 is 26.6 Å². The lowest BCUT2D eigenvalue weighted by atomic mass is 10.1. The summed E-state index contributed by atoms with van der Waals surface area (Å²) in [5.41, 5.74) is -0.0652. The number of halogens is 2. The number of hydrogen-bond donors (Lipinski definition) is 1. The molecule has 8 heteroatoms. The number of nitrogens with two attached hydrogens (primary N) is 1. The largest absolute Gasteiger partial charge is 0.336 e. The van der Waals surface area contributed by atoms with Crippen molar-refractivity contribution < 1.29 is 17.6 Å². The summed E-state index contributed by atoms with van der Waals surface area (Å²) in [5, 5.41) is 5.01. The van der Waals surface area contributed by atoms with Crippen LogP contribution in [0.2, 0.25) is 0 Å². The maximum absolute atomic E-state index is 13.6. The highest BCUT2D eigenvalue weighted by molar-refractivity contribution is 9.10. The molecule has 0 unspecified atom stereocenters. The van der Waals surface area contributed by atoms with Gasteiger partial charge in [0.1, 0.15) is 5.82 Å². The summed E-state index contributed by atoms with van der Waals surface area (Å²) >= 11 is 3.03. The number of primary sulfonamides is 1. The van der Waals surface area contributed by atoms with Gasteiger partial charge in [-0.2, -0.15) is 0 Å². The predicted octanol–water partition coefficient (Wildman–Crippen LogP) is 2.11. The lowest BCUT2D eigenvalue weighted by Crippen LogP contribution is -2.37. The first-order valence-electron chi connectivity index (χ1n) is 5.92. The highest BCUT2D eigenvalue weighted by Gasteiger charge is 2.25. The average molecular weight is 367 g/mol. The molecule has 1 rings (SSSR count). The monoisotopic (exact) mass is 366 g/mol. The van der Waals surface area contributed by atoms with E-state index >= 15 is 0 Å². The minimum Gasteiger partial charge on any atom is -0.336 e. The van der Waals surface area contributed by atoms with Crippen LogP contribution < -0.4 is 5.14 Å². The van der Waals surface area contributed by atoms with Gasteiger partial charge in [-0.15, -0.1) is 0 Å². The molecule has 0 saturated carbocycles. The second-order valence-corrected chi connectivity index (χ2v) is 6.82. The van der Waals surface area contributed by atoms with Crippen LogP contribution in [0.3, 0.4) is 0 Å². The smallest absolute Gasteiger partial charge is 0.255 e. The minimum absolute atomic E-state index is 0.0227. The highest BCUT2D eigenvalue weighted by atomic mass is 79.9. The van der Waals surface area contributed by atoms with Crippen molar-refractivity contribution in [2.45, 2.75) is 31.7 Å². The maximum Gasteiger partial charge on any atom is 0.255 e. The molecule has 112 valence electrons. The summed E-state index contributed by atoms with van der Waals surface area (Å²) in [6.07, 6.45) is 0. The van der Waals surface area contributed by atoms with Gasteiger partial charge >= 0.3 is 0 Å². The number of sulfonamides is 1. The minimum atomic E-state index is -4.12. The van der Waals surface area contributed by atoms with E-state index in [4.69, 9.17) is 5.14 Å². The van der Waals surface area contributed by atoms with Gasteiger partial charge in [0.15, 0.2) is 0 Å². The van der Waals surface area contributed by atoms with Crippen molar-refractivity contribution in [3.8, 4) is 0 Å². The van der Waals surface area contributed by atoms with E-state index in [0.717, 1.165) is 12.1 Å². The van der Waals surface area contributed by atoms with Crippen LogP contribution in [0.5, 0.6) is 0 Å². The van der Waals surface area contributed by atoms with E-state index in [9.17, 15) is 17.6 Å². The van der Waals surface area contributed by atoms with Crippen molar-refractivity contribution >= 4 is 31.9 Å². The van der Waals surface area contributed by atoms with Crippen molar-refractivity contribution in [3.63, 3.8) is 0 Å². The molecule has 2 N–H and O–H groups in total. The summed E-state index contributed by atoms with van der Waals surface area (Å²) in [5.74, 6) is -1.29. The highest BCUT2D eigenvalue weighted by Crippen LogP contribution is 2.28. The summed E-state index contributed by atoms with van der Waals surface area (Å²) in [6.45, 7) is 5.83. The van der Waals surface area contributed by atoms with E-state index in [1.54, 1.807) is 6.92 Å². The zero-order valence-corrected chi connectivity index (χ0v) is 13.8. The van der Waals surface area contributed by atoms with Crippen molar-refractivity contribution in [2.75, 3.05) is 6.54 Å². The Balaban J connectivity index is 3.47. The van der Waals surface area contributed by atoms with Crippen LogP contribution in [0.15, 0.2) is 21.5 Å². The molecule has 0 radical (unpaired) electrons. The third kappa shape index (κ3) is 3.56. The third-order valence-electron chi connectivity index (χ3n) is 2.77. The van der Waals surface area contributed by atoms with Crippen molar-refractivity contribution in [1.29, 1.82) is 0 Å². The van der Waals surface area contributed by atoms with Gasteiger partial charge in [0.25, 0.3) is 5.91 Å². The van der Waals surface area contributed by atoms with E-state index in [1.165, 1.54) is 4.90 Å². The molecule has 0 atom stereocenters. The summed E-state index contributed by atoms with van der Waals surface area (Å²) in [7, 11) is -4.12. The molecule has 0 spiro atoms. The fourth-order valence-electron chi connectivity index (χ4n) is 1.82. The van der Waals surface area contributed by atoms with Crippen LogP contribution in [0, 0.1) is 5.82 Å². The van der Waals surface area contributed by atoms with Gasteiger partial charge in [-0.3, -0.25) is 4.79 Å². The summed E-state index contributed by atoms with van der Waals surface area (Å²) < 4.78 is 36.4. The topological polar surface area (TPSA) is 80.5 Å². The predicted molar refractivity (Wildman–Crippen MR) is 77.3 cm³/mol. The molecule has 1 amide bonds. The van der Waals surface area contributed by atoms with Crippen LogP contribution >= 0.6 is 15.9 Å². The molecular formula is C12H16BrFN2O3S. The number of carbonyl (C=O) groups is 1. The standard InChI is InChI=1S/C12H16BrFN2O3S/c1-4-16(7(2)3)12(17)9-5-8(14)6-10(11(9)13)20(15,18)19/h5-7H,4H2,1-3H3,(H2,15,18,19). The van der Waals surface area contributed by atoms with Gasteiger partial charge in [-0.1, -0.05) is 0 Å². The number of hydrogen-bond acceptors (Lipinski definition) is 3. The second kappa shape index (κ2) is 6.19. The SMILES string of the molecule is CCN(C(=O)c1cc(F)cc(S(N)(=O)=O)c1Br)C(C)C.